The molecule has 0 N–H and O–H groups in total. The summed E-state index contributed by atoms with van der Waals surface area (Å²) in [6.45, 7) is 0. The summed E-state index contributed by atoms with van der Waals surface area (Å²) in [5.74, 6) is 0. The molecule has 0 spiro atoms. The fraction of sp³-hybridized carbons (Fsp3) is 0.103. The van der Waals surface area contributed by atoms with Crippen LogP contribution in [0.1, 0.15) is 22.3 Å². The molecule has 1 aliphatic rings. The molecule has 4 aromatic rings. The van der Waals surface area contributed by atoms with E-state index in [9.17, 15) is 26.3 Å². The van der Waals surface area contributed by atoms with E-state index in [1.807, 2.05) is 11.9 Å². The van der Waals surface area contributed by atoms with Gasteiger partial charge in [-0.3, -0.25) is 0 Å². The van der Waals surface area contributed by atoms with Crippen LogP contribution in [0.15, 0.2) is 82.6 Å². The maximum Gasteiger partial charge on any atom is 0.417 e. The Morgan fingerprint density at radius 3 is 1.31 bits per heavy atom. The number of fused-ring (bicyclic) bond motifs is 2. The maximum atomic E-state index is 13.5. The van der Waals surface area contributed by atoms with Crippen molar-refractivity contribution in [2.45, 2.75) is 22.1 Å². The van der Waals surface area contributed by atoms with Crippen LogP contribution in [-0.2, 0) is 12.4 Å². The van der Waals surface area contributed by atoms with E-state index in [0.29, 0.717) is 22.3 Å². The zero-order chi connectivity index (χ0) is 28.1. The minimum Gasteiger partial charge on any atom is -0.343 e. The molecule has 0 fully saturated rings. The lowest BCUT2D eigenvalue weighted by Gasteiger charge is -2.30. The Morgan fingerprint density at radius 2 is 0.949 bits per heavy atom. The number of anilines is 2. The molecule has 0 saturated carbocycles. The molecule has 0 amide bonds. The van der Waals surface area contributed by atoms with Crippen molar-refractivity contribution in [3.05, 3.63) is 95.1 Å². The molecule has 0 saturated heterocycles. The summed E-state index contributed by atoms with van der Waals surface area (Å²) in [6, 6.07) is 20.7. The van der Waals surface area contributed by atoms with Gasteiger partial charge in [-0.2, -0.15) is 36.9 Å². The fourth-order valence-corrected chi connectivity index (χ4v) is 5.69. The Hall–Kier alpha value is -4.41. The van der Waals surface area contributed by atoms with Gasteiger partial charge in [0.05, 0.1) is 45.8 Å². The third-order valence-electron chi connectivity index (χ3n) is 6.42. The largest absolute Gasteiger partial charge is 0.417 e. The highest BCUT2D eigenvalue weighted by molar-refractivity contribution is 7.99. The van der Waals surface area contributed by atoms with Crippen LogP contribution in [0.3, 0.4) is 0 Å². The number of rotatable bonds is 2. The quantitative estimate of drug-likeness (QED) is 0.233. The monoisotopic (exact) mass is 551 g/mol. The number of nitrogens with zero attached hydrogens (tertiary/aromatic N) is 3. The van der Waals surface area contributed by atoms with Crippen molar-refractivity contribution in [2.24, 2.45) is 0 Å². The van der Waals surface area contributed by atoms with Crippen molar-refractivity contribution in [3.8, 4) is 34.4 Å². The highest BCUT2D eigenvalue weighted by Gasteiger charge is 2.35. The van der Waals surface area contributed by atoms with Gasteiger partial charge in [0.1, 0.15) is 0 Å². The van der Waals surface area contributed by atoms with Gasteiger partial charge in [-0.25, -0.2) is 0 Å². The number of nitriles is 2. The third-order valence-corrected chi connectivity index (χ3v) is 7.51. The van der Waals surface area contributed by atoms with Crippen LogP contribution >= 0.6 is 11.8 Å². The van der Waals surface area contributed by atoms with E-state index in [0.717, 1.165) is 45.4 Å². The van der Waals surface area contributed by atoms with Gasteiger partial charge in [0.15, 0.2) is 0 Å². The second-order valence-electron chi connectivity index (χ2n) is 8.77. The van der Waals surface area contributed by atoms with Gasteiger partial charge >= 0.3 is 12.4 Å². The molecule has 3 nitrogen and oxygen atoms in total. The summed E-state index contributed by atoms with van der Waals surface area (Å²) in [7, 11) is 1.82. The third kappa shape index (κ3) is 4.80. The van der Waals surface area contributed by atoms with Crippen LogP contribution in [0, 0.1) is 22.7 Å². The maximum absolute atomic E-state index is 13.5. The minimum absolute atomic E-state index is 0.296. The zero-order valence-corrected chi connectivity index (χ0v) is 20.8. The van der Waals surface area contributed by atoms with Crippen LogP contribution in [-0.4, -0.2) is 7.05 Å². The SMILES string of the molecule is CN1c2ccc(-c3ccc(C#N)c(C(F)(F)F)c3)cc2Sc2cc(-c3ccc(C#N)c(C(F)(F)F)c3)ccc21. The summed E-state index contributed by atoms with van der Waals surface area (Å²) < 4.78 is 80.9. The Balaban J connectivity index is 1.54. The van der Waals surface area contributed by atoms with Crippen LogP contribution in [0.25, 0.3) is 22.3 Å². The smallest absolute Gasteiger partial charge is 0.343 e. The number of benzene rings is 4. The topological polar surface area (TPSA) is 50.8 Å². The molecule has 0 atom stereocenters. The average molecular weight is 552 g/mol. The molecule has 0 aliphatic carbocycles. The Bertz CT molecular complexity index is 1590. The normalized spacial score (nSPS) is 12.8. The summed E-state index contributed by atoms with van der Waals surface area (Å²) in [5, 5.41) is 18.2. The lowest BCUT2D eigenvalue weighted by atomic mass is 9.98. The lowest BCUT2D eigenvalue weighted by Crippen LogP contribution is -2.14. The van der Waals surface area contributed by atoms with Gasteiger partial charge in [0.2, 0.25) is 0 Å². The van der Waals surface area contributed by atoms with E-state index in [1.54, 1.807) is 48.5 Å². The molecule has 1 heterocycles. The van der Waals surface area contributed by atoms with E-state index in [4.69, 9.17) is 10.5 Å². The van der Waals surface area contributed by atoms with Gasteiger partial charge in [-0.15, -0.1) is 0 Å². The van der Waals surface area contributed by atoms with Gasteiger partial charge in [0, 0.05) is 16.8 Å². The molecule has 0 bridgehead atoms. The molecular weight excluding hydrogens is 536 g/mol. The highest BCUT2D eigenvalue weighted by Crippen LogP contribution is 2.50. The number of halogens is 6. The lowest BCUT2D eigenvalue weighted by molar-refractivity contribution is -0.138. The highest BCUT2D eigenvalue weighted by atomic mass is 32.2. The fourth-order valence-electron chi connectivity index (χ4n) is 4.46. The van der Waals surface area contributed by atoms with Gasteiger partial charge in [-0.1, -0.05) is 36.0 Å². The van der Waals surface area contributed by atoms with E-state index >= 15 is 0 Å². The average Bonchev–Trinajstić information content (AvgIpc) is 2.91. The van der Waals surface area contributed by atoms with E-state index in [1.165, 1.54) is 23.9 Å². The standard InChI is InChI=1S/C29H15F6N3S/c1-38-24-8-6-18(16-2-4-20(14-36)22(10-16)28(30,31)32)12-26(24)39-27-13-19(7-9-25(27)38)17-3-5-21(15-37)23(11-17)29(33,34)35/h2-13H,1H3. The van der Waals surface area contributed by atoms with Crippen molar-refractivity contribution < 1.29 is 26.3 Å². The first-order valence-electron chi connectivity index (χ1n) is 11.3. The van der Waals surface area contributed by atoms with E-state index in [2.05, 4.69) is 0 Å². The summed E-state index contributed by atoms with van der Waals surface area (Å²) >= 11 is 1.35. The molecule has 10 heteroatoms. The first-order chi connectivity index (χ1) is 18.4. The van der Waals surface area contributed by atoms with Crippen molar-refractivity contribution in [1.82, 2.24) is 0 Å². The first-order valence-corrected chi connectivity index (χ1v) is 12.2. The second-order valence-corrected chi connectivity index (χ2v) is 9.85. The molecule has 5 rings (SSSR count). The summed E-state index contributed by atoms with van der Waals surface area (Å²) in [6.07, 6.45) is -9.37. The Labute approximate surface area is 223 Å². The number of hydrogen-bond acceptors (Lipinski definition) is 4. The summed E-state index contributed by atoms with van der Waals surface area (Å²) in [5.41, 5.74) is 0.303. The van der Waals surface area contributed by atoms with Gasteiger partial charge in [-0.05, 0) is 70.8 Å². The van der Waals surface area contributed by atoms with Crippen molar-refractivity contribution >= 4 is 23.1 Å². The minimum atomic E-state index is -4.68. The van der Waals surface area contributed by atoms with Gasteiger partial charge < -0.3 is 4.90 Å². The van der Waals surface area contributed by atoms with Crippen LogP contribution < -0.4 is 4.90 Å². The number of alkyl halides is 6. The van der Waals surface area contributed by atoms with Crippen LogP contribution in [0.4, 0.5) is 37.7 Å². The van der Waals surface area contributed by atoms with E-state index in [-0.39, 0.29) is 0 Å². The van der Waals surface area contributed by atoms with Gasteiger partial charge in [0.25, 0.3) is 0 Å². The molecule has 4 aromatic carbocycles. The Kier molecular flexibility index (Phi) is 6.32. The summed E-state index contributed by atoms with van der Waals surface area (Å²) in [4.78, 5) is 3.39. The first kappa shape index (κ1) is 26.2. The zero-order valence-electron chi connectivity index (χ0n) is 19.9. The molecule has 0 unspecified atom stereocenters. The molecule has 39 heavy (non-hydrogen) atoms. The number of hydrogen-bond donors (Lipinski definition) is 0. The second kappa shape index (κ2) is 9.40. The molecular formula is C29H15F6N3S. The van der Waals surface area contributed by atoms with E-state index < -0.39 is 34.6 Å². The predicted molar refractivity (Wildman–Crippen MR) is 135 cm³/mol. The van der Waals surface area contributed by atoms with Crippen molar-refractivity contribution in [1.29, 1.82) is 10.5 Å². The molecule has 1 aliphatic heterocycles. The Morgan fingerprint density at radius 1 is 0.590 bits per heavy atom. The molecule has 0 aromatic heterocycles. The predicted octanol–water partition coefficient (Wildman–Crippen LogP) is 9.03. The van der Waals surface area contributed by atoms with Crippen LogP contribution in [0.5, 0.6) is 0 Å². The molecule has 194 valence electrons. The van der Waals surface area contributed by atoms with Crippen molar-refractivity contribution in [3.63, 3.8) is 0 Å². The molecule has 0 radical (unpaired) electrons. The van der Waals surface area contributed by atoms with Crippen molar-refractivity contribution in [2.75, 3.05) is 11.9 Å². The van der Waals surface area contributed by atoms with Crippen LogP contribution in [0.2, 0.25) is 0 Å².